The van der Waals surface area contributed by atoms with Crippen LogP contribution < -0.4 is 5.32 Å². The van der Waals surface area contributed by atoms with Crippen LogP contribution >= 0.6 is 0 Å². The molecule has 1 aliphatic heterocycles. The van der Waals surface area contributed by atoms with Crippen LogP contribution in [0.25, 0.3) is 0 Å². The lowest BCUT2D eigenvalue weighted by Gasteiger charge is -2.41. The van der Waals surface area contributed by atoms with Crippen LogP contribution in [0.15, 0.2) is 12.4 Å². The predicted octanol–water partition coefficient (Wildman–Crippen LogP) is 1.28. The zero-order valence-electron chi connectivity index (χ0n) is 11.1. The second kappa shape index (κ2) is 4.91. The maximum Gasteiger partial charge on any atom is 0.329 e. The summed E-state index contributed by atoms with van der Waals surface area (Å²) in [5.74, 6) is -0.964. The van der Waals surface area contributed by atoms with Gasteiger partial charge in [-0.15, -0.1) is 0 Å². The number of aliphatic carboxylic acids is 1. The number of nitrogens with one attached hydrogen (secondary N) is 1. The smallest absolute Gasteiger partial charge is 0.329 e. The van der Waals surface area contributed by atoms with E-state index in [9.17, 15) is 14.7 Å². The van der Waals surface area contributed by atoms with Crippen molar-refractivity contribution in [3.8, 4) is 0 Å². The molecule has 1 saturated heterocycles. The molecule has 1 unspecified atom stereocenters. The number of carboxylic acid groups (broad SMARTS) is 1. The van der Waals surface area contributed by atoms with Crippen LogP contribution in [0.5, 0.6) is 0 Å². The van der Waals surface area contributed by atoms with E-state index in [0.717, 1.165) is 12.8 Å². The number of carbonyl (C=O) groups excluding carboxylic acids is 1. The number of aryl methyl sites for hydroxylation is 1. The second-order valence-corrected chi connectivity index (χ2v) is 5.02. The lowest BCUT2D eigenvalue weighted by Crippen LogP contribution is -2.58. The van der Waals surface area contributed by atoms with Crippen LogP contribution in [0, 0.1) is 0 Å². The summed E-state index contributed by atoms with van der Waals surface area (Å²) in [4.78, 5) is 25.0. The van der Waals surface area contributed by atoms with Crippen molar-refractivity contribution in [2.45, 2.75) is 31.7 Å². The Balaban J connectivity index is 2.14. The highest BCUT2D eigenvalue weighted by atomic mass is 16.4. The van der Waals surface area contributed by atoms with Gasteiger partial charge in [-0.3, -0.25) is 4.68 Å². The van der Waals surface area contributed by atoms with Crippen LogP contribution in [-0.2, 0) is 11.8 Å². The van der Waals surface area contributed by atoms with Crippen molar-refractivity contribution in [1.82, 2.24) is 14.7 Å². The highest BCUT2D eigenvalue weighted by Gasteiger charge is 2.44. The van der Waals surface area contributed by atoms with Crippen LogP contribution in [0.2, 0.25) is 0 Å². The average molecular weight is 266 g/mol. The van der Waals surface area contributed by atoms with Crippen molar-refractivity contribution >= 4 is 17.7 Å². The molecule has 7 nitrogen and oxygen atoms in total. The van der Waals surface area contributed by atoms with E-state index in [4.69, 9.17) is 0 Å². The molecule has 7 heteroatoms. The van der Waals surface area contributed by atoms with E-state index in [1.54, 1.807) is 24.9 Å². The monoisotopic (exact) mass is 266 g/mol. The first-order valence-electron chi connectivity index (χ1n) is 6.24. The second-order valence-electron chi connectivity index (χ2n) is 5.02. The number of carbonyl (C=O) groups is 2. The Hall–Kier alpha value is -2.05. The predicted molar refractivity (Wildman–Crippen MR) is 68.8 cm³/mol. The maximum absolute atomic E-state index is 12.2. The zero-order chi connectivity index (χ0) is 14.0. The number of amides is 2. The molecule has 1 atom stereocenters. The third kappa shape index (κ3) is 2.54. The van der Waals surface area contributed by atoms with Gasteiger partial charge in [0.2, 0.25) is 0 Å². The fourth-order valence-electron chi connectivity index (χ4n) is 2.35. The minimum absolute atomic E-state index is 0.391. The summed E-state index contributed by atoms with van der Waals surface area (Å²) < 4.78 is 1.57. The van der Waals surface area contributed by atoms with Gasteiger partial charge in [-0.2, -0.15) is 5.10 Å². The number of anilines is 1. The summed E-state index contributed by atoms with van der Waals surface area (Å²) in [6.45, 7) is 2.05. The van der Waals surface area contributed by atoms with E-state index in [-0.39, 0.29) is 0 Å². The van der Waals surface area contributed by atoms with Gasteiger partial charge >= 0.3 is 12.0 Å². The lowest BCUT2D eigenvalue weighted by atomic mass is 9.89. The molecule has 0 radical (unpaired) electrons. The number of urea groups is 1. The van der Waals surface area contributed by atoms with Crippen molar-refractivity contribution in [3.63, 3.8) is 0 Å². The van der Waals surface area contributed by atoms with Gasteiger partial charge in [0, 0.05) is 19.8 Å². The van der Waals surface area contributed by atoms with Gasteiger partial charge in [0.15, 0.2) is 0 Å². The fourth-order valence-corrected chi connectivity index (χ4v) is 2.35. The summed E-state index contributed by atoms with van der Waals surface area (Å²) in [5, 5.41) is 16.0. The van der Waals surface area contributed by atoms with E-state index in [1.807, 2.05) is 0 Å². The number of carboxylic acids is 1. The number of nitrogens with zero attached hydrogens (tertiary/aromatic N) is 3. The third-order valence-corrected chi connectivity index (χ3v) is 3.55. The molecule has 0 bridgehead atoms. The summed E-state index contributed by atoms with van der Waals surface area (Å²) >= 11 is 0. The molecule has 1 aromatic rings. The maximum atomic E-state index is 12.2. The van der Waals surface area contributed by atoms with Gasteiger partial charge in [-0.25, -0.2) is 9.59 Å². The Bertz CT molecular complexity index is 499. The van der Waals surface area contributed by atoms with E-state index in [0.29, 0.717) is 18.7 Å². The van der Waals surface area contributed by atoms with Crippen molar-refractivity contribution in [1.29, 1.82) is 0 Å². The summed E-state index contributed by atoms with van der Waals surface area (Å²) in [6, 6.07) is -0.391. The Morgan fingerprint density at radius 1 is 1.47 bits per heavy atom. The van der Waals surface area contributed by atoms with Gasteiger partial charge in [-0.05, 0) is 26.2 Å². The summed E-state index contributed by atoms with van der Waals surface area (Å²) in [5.41, 5.74) is -0.573. The fraction of sp³-hybridized carbons (Fsp3) is 0.583. The quantitative estimate of drug-likeness (QED) is 0.844. The normalized spacial score (nSPS) is 23.2. The van der Waals surface area contributed by atoms with Crippen LogP contribution in [0.1, 0.15) is 26.2 Å². The summed E-state index contributed by atoms with van der Waals surface area (Å²) in [6.07, 6.45) is 5.31. The molecule has 104 valence electrons. The minimum atomic E-state index is -1.13. The average Bonchev–Trinajstić information content (AvgIpc) is 2.75. The molecular weight excluding hydrogens is 248 g/mol. The van der Waals surface area contributed by atoms with Crippen LogP contribution in [-0.4, -0.2) is 43.9 Å². The van der Waals surface area contributed by atoms with Gasteiger partial charge in [0.25, 0.3) is 0 Å². The Labute approximate surface area is 111 Å². The van der Waals surface area contributed by atoms with Crippen LogP contribution in [0.3, 0.4) is 0 Å². The van der Waals surface area contributed by atoms with Gasteiger partial charge in [0.05, 0.1) is 11.9 Å². The molecule has 0 saturated carbocycles. The molecule has 1 aromatic heterocycles. The number of rotatable bonds is 2. The van der Waals surface area contributed by atoms with Crippen molar-refractivity contribution in [2.75, 3.05) is 11.9 Å². The molecule has 2 amide bonds. The first-order valence-corrected chi connectivity index (χ1v) is 6.24. The Morgan fingerprint density at radius 3 is 2.79 bits per heavy atom. The largest absolute Gasteiger partial charge is 0.480 e. The third-order valence-electron chi connectivity index (χ3n) is 3.55. The van der Waals surface area contributed by atoms with Crippen molar-refractivity contribution in [3.05, 3.63) is 12.4 Å². The number of hydrogen-bond acceptors (Lipinski definition) is 3. The zero-order valence-corrected chi connectivity index (χ0v) is 11.1. The molecule has 0 aliphatic carbocycles. The highest BCUT2D eigenvalue weighted by Crippen LogP contribution is 2.28. The van der Waals surface area contributed by atoms with E-state index >= 15 is 0 Å². The van der Waals surface area contributed by atoms with Gasteiger partial charge in [0.1, 0.15) is 5.54 Å². The number of aromatic nitrogens is 2. The molecule has 2 N–H and O–H groups in total. The molecular formula is C12H18N4O3. The number of likely N-dealkylation sites (tertiary alicyclic amines) is 1. The van der Waals surface area contributed by atoms with E-state index < -0.39 is 17.5 Å². The molecule has 19 heavy (non-hydrogen) atoms. The summed E-state index contributed by atoms with van der Waals surface area (Å²) in [7, 11) is 1.75. The molecule has 1 aliphatic rings. The molecule has 2 heterocycles. The molecule has 0 spiro atoms. The number of piperidine rings is 1. The SMILES string of the molecule is Cn1cc(NC(=O)N2CCCCC2(C)C(=O)O)cn1. The van der Waals surface area contributed by atoms with E-state index in [1.165, 1.54) is 11.1 Å². The Morgan fingerprint density at radius 2 is 2.21 bits per heavy atom. The molecule has 2 rings (SSSR count). The van der Waals surface area contributed by atoms with Crippen molar-refractivity contribution in [2.24, 2.45) is 7.05 Å². The van der Waals surface area contributed by atoms with Crippen molar-refractivity contribution < 1.29 is 14.7 Å². The van der Waals surface area contributed by atoms with Gasteiger partial charge in [-0.1, -0.05) is 0 Å². The highest BCUT2D eigenvalue weighted by molar-refractivity contribution is 5.93. The first kappa shape index (κ1) is 13.4. The minimum Gasteiger partial charge on any atom is -0.480 e. The Kier molecular flexibility index (Phi) is 3.46. The van der Waals surface area contributed by atoms with E-state index in [2.05, 4.69) is 10.4 Å². The number of hydrogen-bond donors (Lipinski definition) is 2. The van der Waals surface area contributed by atoms with Crippen LogP contribution in [0.4, 0.5) is 10.5 Å². The topological polar surface area (TPSA) is 87.5 Å². The first-order chi connectivity index (χ1) is 8.93. The standard InChI is InChI=1S/C12H18N4O3/c1-12(10(17)18)5-3-4-6-16(12)11(19)14-9-7-13-15(2)8-9/h7-8H,3-6H2,1-2H3,(H,14,19)(H,17,18). The molecule has 1 fully saturated rings. The molecule has 0 aromatic carbocycles. The lowest BCUT2D eigenvalue weighted by molar-refractivity contribution is -0.150. The van der Waals surface area contributed by atoms with Gasteiger partial charge < -0.3 is 15.3 Å².